The lowest BCUT2D eigenvalue weighted by molar-refractivity contribution is -0.138. The highest BCUT2D eigenvalue weighted by Gasteiger charge is 2.34. The quantitative estimate of drug-likeness (QED) is 0.299. The SMILES string of the molecule is O=C(Nc1cc(C#Cc2cnc3ccc(-c4cccnc4)nn23)ccn1)c1ccc(CN2CCNCC2)c(C(F)(F)F)c1. The third-order valence-corrected chi connectivity index (χ3v) is 6.94. The fourth-order valence-electron chi connectivity index (χ4n) is 4.76. The number of pyridine rings is 2. The Morgan fingerprint density at radius 2 is 1.84 bits per heavy atom. The number of fused-ring (bicyclic) bond motifs is 1. The highest BCUT2D eigenvalue weighted by atomic mass is 19.4. The molecule has 1 aliphatic rings. The van der Waals surface area contributed by atoms with Crippen LogP contribution in [-0.2, 0) is 12.7 Å². The normalized spacial score (nSPS) is 13.8. The molecule has 6 rings (SSSR count). The molecule has 1 amide bonds. The van der Waals surface area contributed by atoms with Crippen LogP contribution in [-0.4, -0.2) is 61.6 Å². The molecular weight excluding hydrogens is 557 g/mol. The van der Waals surface area contributed by atoms with Crippen molar-refractivity contribution in [1.82, 2.24) is 34.8 Å². The van der Waals surface area contributed by atoms with Crippen LogP contribution in [0.25, 0.3) is 16.9 Å². The van der Waals surface area contributed by atoms with Gasteiger partial charge in [0.15, 0.2) is 5.65 Å². The van der Waals surface area contributed by atoms with E-state index in [1.807, 2.05) is 29.2 Å². The summed E-state index contributed by atoms with van der Waals surface area (Å²) in [6.45, 7) is 2.92. The molecule has 0 aliphatic carbocycles. The highest BCUT2D eigenvalue weighted by Crippen LogP contribution is 2.33. The fourth-order valence-corrected chi connectivity index (χ4v) is 4.76. The zero-order valence-corrected chi connectivity index (χ0v) is 22.8. The monoisotopic (exact) mass is 582 g/mol. The third kappa shape index (κ3) is 6.53. The first-order valence-corrected chi connectivity index (χ1v) is 13.5. The number of piperazine rings is 1. The van der Waals surface area contributed by atoms with Crippen molar-refractivity contribution in [1.29, 1.82) is 0 Å². The first kappa shape index (κ1) is 28.0. The third-order valence-electron chi connectivity index (χ3n) is 6.94. The second-order valence-corrected chi connectivity index (χ2v) is 9.90. The summed E-state index contributed by atoms with van der Waals surface area (Å²) in [5.41, 5.74) is 2.46. The van der Waals surface area contributed by atoms with Crippen LogP contribution in [0.2, 0.25) is 0 Å². The van der Waals surface area contributed by atoms with E-state index in [0.717, 1.165) is 24.7 Å². The Labute approximate surface area is 244 Å². The van der Waals surface area contributed by atoms with Gasteiger partial charge in [-0.15, -0.1) is 0 Å². The molecule has 1 saturated heterocycles. The topological polar surface area (TPSA) is 100 Å². The number of hydrogen-bond acceptors (Lipinski definition) is 7. The minimum Gasteiger partial charge on any atom is -0.314 e. The van der Waals surface area contributed by atoms with Gasteiger partial charge in [0.2, 0.25) is 0 Å². The van der Waals surface area contributed by atoms with Crippen LogP contribution < -0.4 is 10.6 Å². The lowest BCUT2D eigenvalue weighted by Gasteiger charge is -2.28. The van der Waals surface area contributed by atoms with E-state index >= 15 is 0 Å². The van der Waals surface area contributed by atoms with Crippen LogP contribution >= 0.6 is 0 Å². The summed E-state index contributed by atoms with van der Waals surface area (Å²) >= 11 is 0. The van der Waals surface area contributed by atoms with Crippen molar-refractivity contribution in [3.63, 3.8) is 0 Å². The van der Waals surface area contributed by atoms with Gasteiger partial charge in [-0.3, -0.25) is 14.7 Å². The predicted molar refractivity (Wildman–Crippen MR) is 154 cm³/mol. The lowest BCUT2D eigenvalue weighted by atomic mass is 10.0. The van der Waals surface area contributed by atoms with E-state index in [1.165, 1.54) is 18.3 Å². The summed E-state index contributed by atoms with van der Waals surface area (Å²) in [5, 5.41) is 10.4. The summed E-state index contributed by atoms with van der Waals surface area (Å²) in [4.78, 5) is 27.5. The molecule has 5 heterocycles. The van der Waals surface area contributed by atoms with E-state index in [9.17, 15) is 18.0 Å². The second kappa shape index (κ2) is 12.0. The average molecular weight is 583 g/mol. The molecule has 0 spiro atoms. The van der Waals surface area contributed by atoms with E-state index in [1.54, 1.807) is 35.2 Å². The molecular formula is C31H25F3N8O. The molecule has 216 valence electrons. The second-order valence-electron chi connectivity index (χ2n) is 9.90. The fraction of sp³-hybridized carbons (Fsp3) is 0.194. The van der Waals surface area contributed by atoms with Crippen molar-refractivity contribution in [3.8, 4) is 23.1 Å². The van der Waals surface area contributed by atoms with Gasteiger partial charge in [-0.1, -0.05) is 12.0 Å². The average Bonchev–Trinajstić information content (AvgIpc) is 3.43. The summed E-state index contributed by atoms with van der Waals surface area (Å²) in [6, 6.07) is 14.3. The number of carbonyl (C=O) groups excluding carboxylic acids is 1. The number of rotatable bonds is 5. The number of aromatic nitrogens is 5. The lowest BCUT2D eigenvalue weighted by Crippen LogP contribution is -2.43. The van der Waals surface area contributed by atoms with Crippen molar-refractivity contribution in [2.75, 3.05) is 31.5 Å². The van der Waals surface area contributed by atoms with Gasteiger partial charge in [-0.05, 0) is 60.0 Å². The molecule has 12 heteroatoms. The number of nitrogens with zero attached hydrogens (tertiary/aromatic N) is 6. The predicted octanol–water partition coefficient (Wildman–Crippen LogP) is 4.26. The molecule has 0 atom stereocenters. The van der Waals surface area contributed by atoms with Crippen molar-refractivity contribution >= 4 is 17.4 Å². The molecule has 0 radical (unpaired) electrons. The minimum atomic E-state index is -4.60. The summed E-state index contributed by atoms with van der Waals surface area (Å²) in [7, 11) is 0. The van der Waals surface area contributed by atoms with Gasteiger partial charge in [0, 0.05) is 68.0 Å². The van der Waals surface area contributed by atoms with Crippen LogP contribution in [0.1, 0.15) is 32.7 Å². The maximum Gasteiger partial charge on any atom is 0.416 e. The first-order chi connectivity index (χ1) is 20.8. The number of benzene rings is 1. The van der Waals surface area contributed by atoms with Gasteiger partial charge < -0.3 is 10.6 Å². The summed E-state index contributed by atoms with van der Waals surface area (Å²) in [5.74, 6) is 5.51. The molecule has 1 fully saturated rings. The maximum absolute atomic E-state index is 13.9. The van der Waals surface area contributed by atoms with Gasteiger partial charge >= 0.3 is 6.18 Å². The number of carbonyl (C=O) groups is 1. The van der Waals surface area contributed by atoms with Gasteiger partial charge in [0.25, 0.3) is 5.91 Å². The molecule has 5 aromatic rings. The number of hydrogen-bond donors (Lipinski definition) is 2. The van der Waals surface area contributed by atoms with E-state index < -0.39 is 17.6 Å². The number of anilines is 1. The Bertz CT molecular complexity index is 1840. The molecule has 2 N–H and O–H groups in total. The minimum absolute atomic E-state index is 0.115. The van der Waals surface area contributed by atoms with E-state index in [-0.39, 0.29) is 23.5 Å². The number of halogens is 3. The van der Waals surface area contributed by atoms with Crippen molar-refractivity contribution in [3.05, 3.63) is 107 Å². The molecule has 4 aromatic heterocycles. The number of amides is 1. The van der Waals surface area contributed by atoms with Gasteiger partial charge in [0.1, 0.15) is 11.5 Å². The van der Waals surface area contributed by atoms with Crippen LogP contribution in [0.3, 0.4) is 0 Å². The molecule has 9 nitrogen and oxygen atoms in total. The number of imidazole rings is 1. The zero-order chi connectivity index (χ0) is 29.8. The first-order valence-electron chi connectivity index (χ1n) is 13.5. The maximum atomic E-state index is 13.9. The molecule has 1 aromatic carbocycles. The highest BCUT2D eigenvalue weighted by molar-refractivity contribution is 6.04. The Morgan fingerprint density at radius 3 is 2.63 bits per heavy atom. The van der Waals surface area contributed by atoms with Crippen molar-refractivity contribution in [2.24, 2.45) is 0 Å². The summed E-state index contributed by atoms with van der Waals surface area (Å²) < 4.78 is 43.4. The standard InChI is InChI=1S/C31H25F3N8O/c32-31(33,34)26-17-22(4-5-24(26)20-41-14-12-35-13-15-41)30(43)39-28-16-21(9-11-37-28)3-6-25-19-38-29-8-7-27(40-42(25)29)23-2-1-10-36-18-23/h1-2,4-5,7-11,16-19,35H,12-15,20H2,(H,37,39,43). The van der Waals surface area contributed by atoms with Crippen molar-refractivity contribution in [2.45, 2.75) is 12.7 Å². The van der Waals surface area contributed by atoms with E-state index in [0.29, 0.717) is 35.7 Å². The summed E-state index contributed by atoms with van der Waals surface area (Å²) in [6.07, 6.45) is 1.88. The molecule has 0 unspecified atom stereocenters. The zero-order valence-electron chi connectivity index (χ0n) is 22.8. The number of alkyl halides is 3. The van der Waals surface area contributed by atoms with Gasteiger partial charge in [-0.2, -0.15) is 18.3 Å². The van der Waals surface area contributed by atoms with Crippen molar-refractivity contribution < 1.29 is 18.0 Å². The molecule has 43 heavy (non-hydrogen) atoms. The Balaban J connectivity index is 1.20. The number of nitrogens with one attached hydrogen (secondary N) is 2. The van der Waals surface area contributed by atoms with Crippen LogP contribution in [0.5, 0.6) is 0 Å². The van der Waals surface area contributed by atoms with Crippen LogP contribution in [0.4, 0.5) is 19.0 Å². The Kier molecular flexibility index (Phi) is 7.83. The van der Waals surface area contributed by atoms with Gasteiger partial charge in [-0.25, -0.2) is 14.5 Å². The molecule has 1 aliphatic heterocycles. The molecule has 0 saturated carbocycles. The Hall–Kier alpha value is -5.12. The Morgan fingerprint density at radius 1 is 0.977 bits per heavy atom. The van der Waals surface area contributed by atoms with E-state index in [4.69, 9.17) is 0 Å². The smallest absolute Gasteiger partial charge is 0.314 e. The van der Waals surface area contributed by atoms with Crippen LogP contribution in [0.15, 0.2) is 79.4 Å². The van der Waals surface area contributed by atoms with Gasteiger partial charge in [0.05, 0.1) is 17.5 Å². The van der Waals surface area contributed by atoms with Crippen LogP contribution in [0, 0.1) is 11.8 Å². The molecule has 0 bridgehead atoms. The van der Waals surface area contributed by atoms with E-state index in [2.05, 4.69) is 42.5 Å². The largest absolute Gasteiger partial charge is 0.416 e.